The van der Waals surface area contributed by atoms with Crippen molar-refractivity contribution >= 4 is 39.8 Å². The highest BCUT2D eigenvalue weighted by atomic mass is 32.2. The van der Waals surface area contributed by atoms with Crippen LogP contribution in [0.5, 0.6) is 0 Å². The quantitative estimate of drug-likeness (QED) is 0.569. The maximum Gasteiger partial charge on any atom is 0.230 e. The highest BCUT2D eigenvalue weighted by Crippen LogP contribution is 2.30. The number of thiazole rings is 1. The third kappa shape index (κ3) is 5.58. The summed E-state index contributed by atoms with van der Waals surface area (Å²) in [6.45, 7) is 2.03. The first-order chi connectivity index (χ1) is 13.0. The molecule has 0 atom stereocenters. The Morgan fingerprint density at radius 2 is 2.15 bits per heavy atom. The molecule has 27 heavy (non-hydrogen) atoms. The highest BCUT2D eigenvalue weighted by molar-refractivity contribution is 8.00. The number of oxazole rings is 1. The minimum absolute atomic E-state index is 0.0721. The zero-order valence-electron chi connectivity index (χ0n) is 15.6. The first-order valence-corrected chi connectivity index (χ1v) is 10.4. The number of nitrogens with one attached hydrogen (secondary N) is 1. The van der Waals surface area contributed by atoms with E-state index >= 15 is 0 Å². The Morgan fingerprint density at radius 3 is 2.89 bits per heavy atom. The largest absolute Gasteiger partial charge is 0.445 e. The molecule has 0 saturated heterocycles. The van der Waals surface area contributed by atoms with Crippen molar-refractivity contribution in [2.75, 3.05) is 24.3 Å². The van der Waals surface area contributed by atoms with Gasteiger partial charge in [0.05, 0.1) is 28.8 Å². The normalized spacial score (nSPS) is 10.8. The minimum Gasteiger partial charge on any atom is -0.445 e. The Kier molecular flexibility index (Phi) is 6.52. The van der Waals surface area contributed by atoms with E-state index in [4.69, 9.17) is 4.42 Å². The molecule has 8 heteroatoms. The van der Waals surface area contributed by atoms with Gasteiger partial charge < -0.3 is 14.6 Å². The molecule has 0 bridgehead atoms. The number of hydrogen-bond donors (Lipinski definition) is 1. The molecule has 2 aromatic heterocycles. The summed E-state index contributed by atoms with van der Waals surface area (Å²) in [6.07, 6.45) is 4.69. The van der Waals surface area contributed by atoms with Crippen LogP contribution in [0.15, 0.2) is 45.3 Å². The fourth-order valence-electron chi connectivity index (χ4n) is 2.39. The summed E-state index contributed by atoms with van der Waals surface area (Å²) < 4.78 is 6.61. The van der Waals surface area contributed by atoms with Crippen molar-refractivity contribution in [2.45, 2.75) is 29.7 Å². The van der Waals surface area contributed by atoms with E-state index < -0.39 is 0 Å². The van der Waals surface area contributed by atoms with Crippen molar-refractivity contribution in [1.82, 2.24) is 9.97 Å². The number of carbonyl (C=O) groups is 1. The van der Waals surface area contributed by atoms with Crippen molar-refractivity contribution in [3.8, 4) is 0 Å². The molecule has 1 N–H and O–H groups in total. The zero-order chi connectivity index (χ0) is 19.2. The van der Waals surface area contributed by atoms with Crippen LogP contribution in [-0.2, 0) is 23.4 Å². The van der Waals surface area contributed by atoms with Crippen molar-refractivity contribution in [3.63, 3.8) is 0 Å². The second-order valence-electron chi connectivity index (χ2n) is 6.14. The van der Waals surface area contributed by atoms with Crippen molar-refractivity contribution in [3.05, 3.63) is 53.9 Å². The predicted molar refractivity (Wildman–Crippen MR) is 111 cm³/mol. The lowest BCUT2D eigenvalue weighted by Gasteiger charge is -2.13. The second kappa shape index (κ2) is 9.05. The second-order valence-corrected chi connectivity index (χ2v) is 8.44. The molecule has 0 unspecified atom stereocenters. The van der Waals surface area contributed by atoms with E-state index in [9.17, 15) is 4.79 Å². The van der Waals surface area contributed by atoms with E-state index in [-0.39, 0.29) is 5.91 Å². The van der Waals surface area contributed by atoms with Gasteiger partial charge in [0.2, 0.25) is 11.8 Å². The van der Waals surface area contributed by atoms with Crippen LogP contribution in [0.4, 0.5) is 10.8 Å². The molecular formula is C19H22N4O2S2. The Bertz CT molecular complexity index is 905. The Balaban J connectivity index is 1.52. The average molecular weight is 403 g/mol. The summed E-state index contributed by atoms with van der Waals surface area (Å²) >= 11 is 3.05. The summed E-state index contributed by atoms with van der Waals surface area (Å²) in [5.74, 6) is 2.17. The molecule has 0 saturated carbocycles. The number of rotatable bonds is 8. The molecule has 0 spiro atoms. The van der Waals surface area contributed by atoms with Gasteiger partial charge in [-0.15, -0.1) is 11.8 Å². The maximum atomic E-state index is 12.3. The molecule has 3 aromatic rings. The van der Waals surface area contributed by atoms with E-state index in [1.165, 1.54) is 11.3 Å². The topological polar surface area (TPSA) is 71.3 Å². The van der Waals surface area contributed by atoms with Gasteiger partial charge in [-0.1, -0.05) is 30.4 Å². The molecule has 1 amide bonds. The maximum absolute atomic E-state index is 12.3. The number of aryl methyl sites for hydroxylation is 1. The van der Waals surface area contributed by atoms with Crippen LogP contribution in [0.2, 0.25) is 0 Å². The molecule has 1 aromatic carbocycles. The summed E-state index contributed by atoms with van der Waals surface area (Å²) in [5.41, 5.74) is 2.05. The van der Waals surface area contributed by atoms with Crippen LogP contribution in [0.1, 0.15) is 24.1 Å². The van der Waals surface area contributed by atoms with Gasteiger partial charge >= 0.3 is 0 Å². The third-order valence-electron chi connectivity index (χ3n) is 3.81. The number of thioether (sulfide) groups is 1. The number of nitrogens with zero attached hydrogens (tertiary/aromatic N) is 3. The fourth-order valence-corrected chi connectivity index (χ4v) is 4.13. The Labute approximate surface area is 167 Å². The van der Waals surface area contributed by atoms with Crippen molar-refractivity contribution in [2.24, 2.45) is 0 Å². The molecule has 2 heterocycles. The van der Waals surface area contributed by atoms with Crippen LogP contribution in [0, 0.1) is 0 Å². The zero-order valence-corrected chi connectivity index (χ0v) is 17.2. The molecule has 0 aliphatic rings. The monoisotopic (exact) mass is 402 g/mol. The summed E-state index contributed by atoms with van der Waals surface area (Å²) in [5, 5.41) is 3.48. The van der Waals surface area contributed by atoms with Gasteiger partial charge in [0.1, 0.15) is 5.76 Å². The van der Waals surface area contributed by atoms with Gasteiger partial charge in [0, 0.05) is 26.2 Å². The van der Waals surface area contributed by atoms with Gasteiger partial charge in [-0.25, -0.2) is 9.97 Å². The molecule has 0 aliphatic heterocycles. The van der Waals surface area contributed by atoms with Gasteiger partial charge in [0.25, 0.3) is 0 Å². The highest BCUT2D eigenvalue weighted by Gasteiger charge is 2.10. The van der Waals surface area contributed by atoms with Crippen LogP contribution in [0.3, 0.4) is 0 Å². The molecule has 142 valence electrons. The number of benzene rings is 1. The number of aromatic nitrogens is 2. The van der Waals surface area contributed by atoms with E-state index in [2.05, 4.69) is 15.3 Å². The Morgan fingerprint density at radius 1 is 1.30 bits per heavy atom. The van der Waals surface area contributed by atoms with E-state index in [1.54, 1.807) is 24.2 Å². The van der Waals surface area contributed by atoms with Crippen LogP contribution in [-0.4, -0.2) is 30.0 Å². The molecule has 6 nitrogen and oxygen atoms in total. The predicted octanol–water partition coefficient (Wildman–Crippen LogP) is 4.23. The van der Waals surface area contributed by atoms with Crippen LogP contribution in [0.25, 0.3) is 0 Å². The summed E-state index contributed by atoms with van der Waals surface area (Å²) in [4.78, 5) is 22.8. The number of amides is 1. The summed E-state index contributed by atoms with van der Waals surface area (Å²) in [6, 6.07) is 7.95. The average Bonchev–Trinajstić information content (AvgIpc) is 3.29. The van der Waals surface area contributed by atoms with Gasteiger partial charge in [-0.05, 0) is 17.7 Å². The lowest BCUT2D eigenvalue weighted by atomic mass is 10.1. The fraction of sp³-hybridized carbons (Fsp3) is 0.316. The van der Waals surface area contributed by atoms with E-state index in [0.29, 0.717) is 23.2 Å². The third-order valence-corrected chi connectivity index (χ3v) is 5.90. The van der Waals surface area contributed by atoms with E-state index in [1.807, 2.05) is 50.2 Å². The first-order valence-electron chi connectivity index (χ1n) is 8.62. The number of hydrogen-bond acceptors (Lipinski definition) is 7. The van der Waals surface area contributed by atoms with Gasteiger partial charge in [0.15, 0.2) is 5.13 Å². The summed E-state index contributed by atoms with van der Waals surface area (Å²) in [7, 11) is 3.96. The molecule has 0 fully saturated rings. The first kappa shape index (κ1) is 19.4. The lowest BCUT2D eigenvalue weighted by Crippen LogP contribution is -2.15. The standard InChI is InChI=1S/C19H22N4O2S2/c1-4-15-10-20-17(25-15)12-26-18-11-21-19(27-18)22-16(24)9-13-6-5-7-14(8-13)23(2)3/h5-8,10-11H,4,9,12H2,1-3H3,(H,21,22,24). The van der Waals surface area contributed by atoms with Gasteiger partial charge in [-0.2, -0.15) is 0 Å². The minimum atomic E-state index is -0.0721. The molecular weight excluding hydrogens is 380 g/mol. The van der Waals surface area contributed by atoms with Crippen molar-refractivity contribution in [1.29, 1.82) is 0 Å². The SMILES string of the molecule is CCc1cnc(CSc2cnc(NC(=O)Cc3cccc(N(C)C)c3)s2)o1. The number of anilines is 2. The lowest BCUT2D eigenvalue weighted by molar-refractivity contribution is -0.115. The van der Waals surface area contributed by atoms with Crippen LogP contribution >= 0.6 is 23.1 Å². The smallest absolute Gasteiger partial charge is 0.230 e. The van der Waals surface area contributed by atoms with Crippen molar-refractivity contribution < 1.29 is 9.21 Å². The Hall–Kier alpha value is -2.32. The van der Waals surface area contributed by atoms with E-state index in [0.717, 1.165) is 27.6 Å². The molecule has 3 rings (SSSR count). The van der Waals surface area contributed by atoms with Gasteiger partial charge in [-0.3, -0.25) is 4.79 Å². The molecule has 0 radical (unpaired) electrons. The molecule has 0 aliphatic carbocycles. The van der Waals surface area contributed by atoms with Crippen LogP contribution < -0.4 is 10.2 Å². The number of carbonyl (C=O) groups excluding carboxylic acids is 1.